The first kappa shape index (κ1) is 9.99. The molecule has 0 atom stereocenters. The first-order chi connectivity index (χ1) is 7.22. The van der Waals surface area contributed by atoms with Crippen LogP contribution in [0.5, 0.6) is 0 Å². The van der Waals surface area contributed by atoms with Gasteiger partial charge in [-0.2, -0.15) is 0 Å². The Labute approximate surface area is 89.8 Å². The average Bonchev–Trinajstić information content (AvgIpc) is 2.66. The van der Waals surface area contributed by atoms with Crippen LogP contribution in [0, 0.1) is 13.8 Å². The van der Waals surface area contributed by atoms with Crippen LogP contribution < -0.4 is 0 Å². The van der Waals surface area contributed by atoms with Gasteiger partial charge in [0.05, 0.1) is 12.3 Å². The number of aliphatic hydroxyl groups is 1. The Bertz CT molecular complexity index is 451. The van der Waals surface area contributed by atoms with Crippen molar-refractivity contribution in [3.63, 3.8) is 0 Å². The van der Waals surface area contributed by atoms with Gasteiger partial charge < -0.3 is 9.67 Å². The first-order valence-corrected chi connectivity index (χ1v) is 5.06. The van der Waals surface area contributed by atoms with Crippen LogP contribution in [0.2, 0.25) is 0 Å². The number of aliphatic hydroxyl groups excluding tert-OH is 1. The number of hydrogen-bond acceptors (Lipinski definition) is 1. The lowest BCUT2D eigenvalue weighted by atomic mass is 10.1. The molecule has 0 amide bonds. The van der Waals surface area contributed by atoms with Gasteiger partial charge >= 0.3 is 0 Å². The summed E-state index contributed by atoms with van der Waals surface area (Å²) in [6.45, 7) is 4.29. The largest absolute Gasteiger partial charge is 0.392 e. The lowest BCUT2D eigenvalue weighted by molar-refractivity contribution is 0.282. The van der Waals surface area contributed by atoms with E-state index in [0.717, 1.165) is 5.56 Å². The molecule has 0 saturated carbocycles. The van der Waals surface area contributed by atoms with Crippen molar-refractivity contribution in [2.45, 2.75) is 20.5 Å². The van der Waals surface area contributed by atoms with Crippen molar-refractivity contribution in [1.29, 1.82) is 0 Å². The number of benzene rings is 1. The topological polar surface area (TPSA) is 25.2 Å². The molecule has 0 spiro atoms. The van der Waals surface area contributed by atoms with E-state index < -0.39 is 0 Å². The minimum atomic E-state index is 0.0952. The third kappa shape index (κ3) is 1.81. The smallest absolute Gasteiger partial charge is 0.0696 e. The molecule has 2 heteroatoms. The third-order valence-electron chi connectivity index (χ3n) is 2.63. The zero-order chi connectivity index (χ0) is 10.8. The number of aryl methyl sites for hydroxylation is 2. The highest BCUT2D eigenvalue weighted by atomic mass is 16.3. The Balaban J connectivity index is 2.53. The molecule has 1 aromatic heterocycles. The van der Waals surface area contributed by atoms with E-state index >= 15 is 0 Å². The standard InChI is InChI=1S/C13H15NO/c1-10-4-3-5-11(2)13(10)14-7-6-12(8-14)9-15/h3-8,15H,9H2,1-2H3. The number of rotatable bonds is 2. The van der Waals surface area contributed by atoms with Crippen molar-refractivity contribution < 1.29 is 5.11 Å². The summed E-state index contributed by atoms with van der Waals surface area (Å²) < 4.78 is 2.07. The number of hydrogen-bond donors (Lipinski definition) is 1. The summed E-state index contributed by atoms with van der Waals surface area (Å²) in [5.41, 5.74) is 4.64. The van der Waals surface area contributed by atoms with Gasteiger partial charge in [-0.05, 0) is 36.6 Å². The molecule has 0 saturated heterocycles. The molecule has 2 aromatic rings. The van der Waals surface area contributed by atoms with Crippen molar-refractivity contribution in [2.75, 3.05) is 0 Å². The summed E-state index contributed by atoms with van der Waals surface area (Å²) in [5.74, 6) is 0. The number of para-hydroxylation sites is 1. The van der Waals surface area contributed by atoms with E-state index in [2.05, 4.69) is 36.6 Å². The van der Waals surface area contributed by atoms with Gasteiger partial charge in [0.1, 0.15) is 0 Å². The third-order valence-corrected chi connectivity index (χ3v) is 2.63. The molecule has 78 valence electrons. The molecular formula is C13H15NO. The second-order valence-electron chi connectivity index (χ2n) is 3.83. The summed E-state index contributed by atoms with van der Waals surface area (Å²) in [5, 5.41) is 9.02. The Hall–Kier alpha value is -1.54. The molecule has 0 aliphatic heterocycles. The molecule has 1 heterocycles. The summed E-state index contributed by atoms with van der Waals surface area (Å²) in [6, 6.07) is 8.19. The van der Waals surface area contributed by atoms with Crippen LogP contribution >= 0.6 is 0 Å². The van der Waals surface area contributed by atoms with Crippen LogP contribution in [-0.2, 0) is 6.61 Å². The lowest BCUT2D eigenvalue weighted by Crippen LogP contribution is -1.96. The van der Waals surface area contributed by atoms with Crippen molar-refractivity contribution in [3.05, 3.63) is 53.3 Å². The second-order valence-corrected chi connectivity index (χ2v) is 3.83. The van der Waals surface area contributed by atoms with E-state index in [1.54, 1.807) is 0 Å². The fraction of sp³-hybridized carbons (Fsp3) is 0.231. The van der Waals surface area contributed by atoms with E-state index in [1.165, 1.54) is 16.8 Å². The van der Waals surface area contributed by atoms with Crippen molar-refractivity contribution in [2.24, 2.45) is 0 Å². The van der Waals surface area contributed by atoms with Crippen molar-refractivity contribution in [1.82, 2.24) is 4.57 Å². The second kappa shape index (κ2) is 3.91. The van der Waals surface area contributed by atoms with Gasteiger partial charge in [-0.3, -0.25) is 0 Å². The van der Waals surface area contributed by atoms with Crippen LogP contribution in [0.15, 0.2) is 36.7 Å². The van der Waals surface area contributed by atoms with E-state index in [4.69, 9.17) is 5.11 Å². The quantitative estimate of drug-likeness (QED) is 0.793. The number of aromatic nitrogens is 1. The fourth-order valence-corrected chi connectivity index (χ4v) is 1.89. The maximum absolute atomic E-state index is 9.02. The molecule has 2 rings (SSSR count). The molecule has 0 aliphatic rings. The fourth-order valence-electron chi connectivity index (χ4n) is 1.89. The Kier molecular flexibility index (Phi) is 2.60. The molecule has 0 aliphatic carbocycles. The van der Waals surface area contributed by atoms with Crippen LogP contribution in [0.4, 0.5) is 0 Å². The maximum atomic E-state index is 9.02. The summed E-state index contributed by atoms with van der Waals surface area (Å²) >= 11 is 0. The van der Waals surface area contributed by atoms with Crippen molar-refractivity contribution in [3.8, 4) is 5.69 Å². The highest BCUT2D eigenvalue weighted by Gasteiger charge is 2.04. The molecular weight excluding hydrogens is 186 g/mol. The van der Waals surface area contributed by atoms with Gasteiger partial charge in [0.25, 0.3) is 0 Å². The molecule has 0 unspecified atom stereocenters. The molecule has 0 bridgehead atoms. The zero-order valence-corrected chi connectivity index (χ0v) is 9.07. The highest BCUT2D eigenvalue weighted by Crippen LogP contribution is 2.19. The van der Waals surface area contributed by atoms with Crippen LogP contribution in [0.3, 0.4) is 0 Å². The molecule has 0 fully saturated rings. The van der Waals surface area contributed by atoms with Gasteiger partial charge in [0.2, 0.25) is 0 Å². The molecule has 1 aromatic carbocycles. The Morgan fingerprint density at radius 2 is 1.80 bits per heavy atom. The normalized spacial score (nSPS) is 10.6. The average molecular weight is 201 g/mol. The summed E-state index contributed by atoms with van der Waals surface area (Å²) in [7, 11) is 0. The Morgan fingerprint density at radius 1 is 1.13 bits per heavy atom. The van der Waals surface area contributed by atoms with Crippen LogP contribution in [0.1, 0.15) is 16.7 Å². The summed E-state index contributed by atoms with van der Waals surface area (Å²) in [4.78, 5) is 0. The van der Waals surface area contributed by atoms with Gasteiger partial charge in [-0.1, -0.05) is 18.2 Å². The lowest BCUT2D eigenvalue weighted by Gasteiger charge is -2.10. The summed E-state index contributed by atoms with van der Waals surface area (Å²) in [6.07, 6.45) is 3.95. The van der Waals surface area contributed by atoms with Crippen LogP contribution in [-0.4, -0.2) is 9.67 Å². The van der Waals surface area contributed by atoms with Crippen molar-refractivity contribution >= 4 is 0 Å². The molecule has 1 N–H and O–H groups in total. The molecule has 0 radical (unpaired) electrons. The highest BCUT2D eigenvalue weighted by molar-refractivity contribution is 5.47. The van der Waals surface area contributed by atoms with E-state index in [1.807, 2.05) is 18.5 Å². The van der Waals surface area contributed by atoms with E-state index in [-0.39, 0.29) is 6.61 Å². The van der Waals surface area contributed by atoms with Gasteiger partial charge in [0, 0.05) is 12.4 Å². The van der Waals surface area contributed by atoms with Crippen LogP contribution in [0.25, 0.3) is 5.69 Å². The minimum Gasteiger partial charge on any atom is -0.392 e. The maximum Gasteiger partial charge on any atom is 0.0696 e. The minimum absolute atomic E-state index is 0.0952. The Morgan fingerprint density at radius 3 is 2.33 bits per heavy atom. The van der Waals surface area contributed by atoms with E-state index in [9.17, 15) is 0 Å². The zero-order valence-electron chi connectivity index (χ0n) is 9.07. The predicted octanol–water partition coefficient (Wildman–Crippen LogP) is 2.59. The van der Waals surface area contributed by atoms with Gasteiger partial charge in [0.15, 0.2) is 0 Å². The SMILES string of the molecule is Cc1cccc(C)c1-n1ccc(CO)c1. The monoisotopic (exact) mass is 201 g/mol. The molecule has 15 heavy (non-hydrogen) atoms. The predicted molar refractivity (Wildman–Crippen MR) is 61.2 cm³/mol. The van der Waals surface area contributed by atoms with E-state index in [0.29, 0.717) is 0 Å². The van der Waals surface area contributed by atoms with Gasteiger partial charge in [-0.15, -0.1) is 0 Å². The van der Waals surface area contributed by atoms with Gasteiger partial charge in [-0.25, -0.2) is 0 Å². The number of nitrogens with zero attached hydrogens (tertiary/aromatic N) is 1. The first-order valence-electron chi connectivity index (χ1n) is 5.06. The molecule has 2 nitrogen and oxygen atoms in total.